The van der Waals surface area contributed by atoms with Crippen LogP contribution < -0.4 is 9.46 Å². The summed E-state index contributed by atoms with van der Waals surface area (Å²) in [6.07, 6.45) is 2.96. The Morgan fingerprint density at radius 1 is 0.926 bits per heavy atom. The van der Waals surface area contributed by atoms with Crippen LogP contribution in [0.4, 0.5) is 5.82 Å². The maximum atomic E-state index is 12.7. The molecule has 7 nitrogen and oxygen atoms in total. The van der Waals surface area contributed by atoms with E-state index in [1.54, 1.807) is 19.2 Å². The molecule has 0 saturated heterocycles. The van der Waals surface area contributed by atoms with E-state index in [1.807, 2.05) is 24.3 Å². The minimum Gasteiger partial charge on any atom is -0.497 e. The number of sulfonamides is 1. The summed E-state index contributed by atoms with van der Waals surface area (Å²) in [5.41, 5.74) is 2.19. The predicted octanol–water partition coefficient (Wildman–Crippen LogP) is 3.10. The second kappa shape index (κ2) is 8.15. The molecule has 0 saturated carbocycles. The Balaban J connectivity index is 1.91. The van der Waals surface area contributed by atoms with Crippen LogP contribution in [0.2, 0.25) is 0 Å². The highest BCUT2D eigenvalue weighted by Crippen LogP contribution is 2.26. The first kappa shape index (κ1) is 18.8. The molecule has 1 heterocycles. The van der Waals surface area contributed by atoms with Gasteiger partial charge in [0.25, 0.3) is 10.0 Å². The number of aromatic nitrogens is 2. The van der Waals surface area contributed by atoms with Gasteiger partial charge in [-0.25, -0.2) is 13.4 Å². The van der Waals surface area contributed by atoms with Crippen molar-refractivity contribution in [3.63, 3.8) is 0 Å². The molecule has 8 heteroatoms. The first-order valence-corrected chi connectivity index (χ1v) is 9.58. The normalized spacial score (nSPS) is 11.2. The number of rotatable bonds is 7. The average molecular weight is 385 g/mol. The van der Waals surface area contributed by atoms with Crippen molar-refractivity contribution in [3.8, 4) is 17.0 Å². The topological polar surface area (TPSA) is 90.4 Å². The highest BCUT2D eigenvalue weighted by atomic mass is 32.2. The summed E-state index contributed by atoms with van der Waals surface area (Å²) < 4.78 is 38.0. The summed E-state index contributed by atoms with van der Waals surface area (Å²) in [7, 11) is -0.667. The third-order valence-corrected chi connectivity index (χ3v) is 5.19. The van der Waals surface area contributed by atoms with Crippen molar-refractivity contribution in [2.45, 2.75) is 11.5 Å². The zero-order valence-corrected chi connectivity index (χ0v) is 15.7. The number of nitrogens with one attached hydrogen (secondary N) is 1. The lowest BCUT2D eigenvalue weighted by Crippen LogP contribution is -2.15. The highest BCUT2D eigenvalue weighted by Gasteiger charge is 2.18. The van der Waals surface area contributed by atoms with Gasteiger partial charge >= 0.3 is 0 Å². The third kappa shape index (κ3) is 4.42. The molecule has 0 radical (unpaired) electrons. The highest BCUT2D eigenvalue weighted by molar-refractivity contribution is 7.92. The van der Waals surface area contributed by atoms with E-state index in [9.17, 15) is 8.42 Å². The van der Waals surface area contributed by atoms with E-state index < -0.39 is 10.0 Å². The Morgan fingerprint density at radius 2 is 1.59 bits per heavy atom. The van der Waals surface area contributed by atoms with Crippen LogP contribution in [0, 0.1) is 0 Å². The van der Waals surface area contributed by atoms with Gasteiger partial charge in [0.2, 0.25) is 0 Å². The van der Waals surface area contributed by atoms with E-state index in [4.69, 9.17) is 9.47 Å². The lowest BCUT2D eigenvalue weighted by molar-refractivity contribution is 0.185. The summed E-state index contributed by atoms with van der Waals surface area (Å²) in [5.74, 6) is 0.734. The third-order valence-electron chi connectivity index (χ3n) is 3.84. The van der Waals surface area contributed by atoms with Gasteiger partial charge in [0.05, 0.1) is 18.6 Å². The van der Waals surface area contributed by atoms with Gasteiger partial charge in [-0.05, 0) is 29.8 Å². The van der Waals surface area contributed by atoms with Crippen LogP contribution in [-0.2, 0) is 21.4 Å². The average Bonchev–Trinajstić information content (AvgIpc) is 2.69. The molecular weight excluding hydrogens is 366 g/mol. The van der Waals surface area contributed by atoms with E-state index >= 15 is 0 Å². The maximum absolute atomic E-state index is 12.7. The van der Waals surface area contributed by atoms with Crippen molar-refractivity contribution in [1.82, 2.24) is 9.97 Å². The van der Waals surface area contributed by atoms with Gasteiger partial charge in [-0.3, -0.25) is 9.71 Å². The second-order valence-electron chi connectivity index (χ2n) is 5.66. The molecule has 1 N–H and O–H groups in total. The fourth-order valence-electron chi connectivity index (χ4n) is 2.49. The summed E-state index contributed by atoms with van der Waals surface area (Å²) in [6, 6.07) is 13.6. The Kier molecular flexibility index (Phi) is 5.68. The SMILES string of the molecule is COCc1ccc(-c2nccnc2NS(=O)(=O)c2ccc(OC)cc2)cc1. The number of anilines is 1. The van der Waals surface area contributed by atoms with Gasteiger partial charge in [-0.15, -0.1) is 0 Å². The summed E-state index contributed by atoms with van der Waals surface area (Å²) in [5, 5.41) is 0. The van der Waals surface area contributed by atoms with Crippen LogP contribution in [0.1, 0.15) is 5.56 Å². The standard InChI is InChI=1S/C19H19N3O4S/c1-25-13-14-3-5-15(6-4-14)18-19(21-12-11-20-18)22-27(23,24)17-9-7-16(26-2)8-10-17/h3-12H,13H2,1-2H3,(H,21,22). The summed E-state index contributed by atoms with van der Waals surface area (Å²) in [4.78, 5) is 8.55. The van der Waals surface area contributed by atoms with Gasteiger partial charge in [0, 0.05) is 25.1 Å². The molecule has 0 amide bonds. The molecular formula is C19H19N3O4S. The van der Waals surface area contributed by atoms with Gasteiger partial charge in [-0.1, -0.05) is 24.3 Å². The van der Waals surface area contributed by atoms with Crippen molar-refractivity contribution in [1.29, 1.82) is 0 Å². The zero-order valence-electron chi connectivity index (χ0n) is 14.9. The first-order chi connectivity index (χ1) is 13.0. The quantitative estimate of drug-likeness (QED) is 0.672. The lowest BCUT2D eigenvalue weighted by atomic mass is 10.1. The smallest absolute Gasteiger partial charge is 0.263 e. The van der Waals surface area contributed by atoms with Gasteiger partial charge in [-0.2, -0.15) is 0 Å². The van der Waals surface area contributed by atoms with Crippen molar-refractivity contribution in [2.75, 3.05) is 18.9 Å². The Bertz CT molecular complexity index is 1000. The Morgan fingerprint density at radius 3 is 2.22 bits per heavy atom. The Labute approximate surface area is 158 Å². The number of ether oxygens (including phenoxy) is 2. The van der Waals surface area contributed by atoms with E-state index in [1.165, 1.54) is 31.6 Å². The number of hydrogen-bond acceptors (Lipinski definition) is 6. The first-order valence-electron chi connectivity index (χ1n) is 8.09. The van der Waals surface area contributed by atoms with E-state index in [-0.39, 0.29) is 10.7 Å². The monoisotopic (exact) mass is 385 g/mol. The van der Waals surface area contributed by atoms with E-state index in [0.717, 1.165) is 11.1 Å². The van der Waals surface area contributed by atoms with E-state index in [0.29, 0.717) is 18.1 Å². The maximum Gasteiger partial charge on any atom is 0.263 e. The molecule has 2 aromatic carbocycles. The molecule has 0 aliphatic rings. The van der Waals surface area contributed by atoms with Gasteiger partial charge in [0.1, 0.15) is 11.4 Å². The van der Waals surface area contributed by atoms with Crippen LogP contribution in [0.25, 0.3) is 11.3 Å². The van der Waals surface area contributed by atoms with Crippen LogP contribution in [0.5, 0.6) is 5.75 Å². The largest absolute Gasteiger partial charge is 0.497 e. The van der Waals surface area contributed by atoms with Gasteiger partial charge in [0.15, 0.2) is 5.82 Å². The van der Waals surface area contributed by atoms with Crippen LogP contribution in [0.3, 0.4) is 0 Å². The molecule has 140 valence electrons. The molecule has 3 aromatic rings. The minimum absolute atomic E-state index is 0.107. The Hall–Kier alpha value is -2.97. The van der Waals surface area contributed by atoms with Crippen molar-refractivity contribution in [3.05, 3.63) is 66.5 Å². The molecule has 0 atom stereocenters. The number of hydrogen-bond donors (Lipinski definition) is 1. The van der Waals surface area contributed by atoms with E-state index in [2.05, 4.69) is 14.7 Å². The fourth-order valence-corrected chi connectivity index (χ4v) is 3.51. The van der Waals surface area contributed by atoms with Crippen LogP contribution in [-0.4, -0.2) is 32.6 Å². The minimum atomic E-state index is -3.81. The number of nitrogens with zero attached hydrogens (tertiary/aromatic N) is 2. The lowest BCUT2D eigenvalue weighted by Gasteiger charge is -2.11. The molecule has 0 bridgehead atoms. The molecule has 3 rings (SSSR count). The fraction of sp³-hybridized carbons (Fsp3) is 0.158. The summed E-state index contributed by atoms with van der Waals surface area (Å²) >= 11 is 0. The van der Waals surface area contributed by atoms with Crippen molar-refractivity contribution < 1.29 is 17.9 Å². The number of benzene rings is 2. The molecule has 0 aliphatic heterocycles. The molecule has 0 spiro atoms. The summed E-state index contributed by atoms with van der Waals surface area (Å²) in [6.45, 7) is 0.498. The van der Waals surface area contributed by atoms with Crippen LogP contribution >= 0.6 is 0 Å². The molecule has 0 fully saturated rings. The second-order valence-corrected chi connectivity index (χ2v) is 7.35. The molecule has 0 unspecified atom stereocenters. The van der Waals surface area contributed by atoms with Crippen LogP contribution in [0.15, 0.2) is 65.8 Å². The number of methoxy groups -OCH3 is 2. The zero-order chi connectivity index (χ0) is 19.3. The molecule has 1 aromatic heterocycles. The molecule has 27 heavy (non-hydrogen) atoms. The predicted molar refractivity (Wildman–Crippen MR) is 102 cm³/mol. The molecule has 0 aliphatic carbocycles. The van der Waals surface area contributed by atoms with Crippen molar-refractivity contribution >= 4 is 15.8 Å². The van der Waals surface area contributed by atoms with Crippen molar-refractivity contribution in [2.24, 2.45) is 0 Å². The van der Waals surface area contributed by atoms with Gasteiger partial charge < -0.3 is 9.47 Å².